The Morgan fingerprint density at radius 2 is 1.89 bits per heavy atom. The Balaban J connectivity index is 2.17. The summed E-state index contributed by atoms with van der Waals surface area (Å²) in [6, 6.07) is 11.4. The molecular weight excluding hydrogens is 234 g/mol. The molecule has 0 bridgehead atoms. The van der Waals surface area contributed by atoms with Crippen LogP contribution in [-0.4, -0.2) is 9.97 Å². The van der Waals surface area contributed by atoms with E-state index >= 15 is 0 Å². The number of nitrogen functional groups attached to an aromatic ring is 1. The molecule has 2 heterocycles. The maximum atomic E-state index is 6.04. The van der Waals surface area contributed by atoms with Crippen molar-refractivity contribution < 1.29 is 0 Å². The van der Waals surface area contributed by atoms with Gasteiger partial charge in [0.15, 0.2) is 0 Å². The molecule has 0 saturated heterocycles. The summed E-state index contributed by atoms with van der Waals surface area (Å²) in [5.41, 5.74) is 10.2. The topological polar surface area (TPSA) is 51.8 Å². The van der Waals surface area contributed by atoms with E-state index in [4.69, 9.17) is 12.2 Å². The first kappa shape index (κ1) is 11.2. The Bertz CT molecular complexity index is 783. The fourth-order valence-electron chi connectivity index (χ4n) is 1.98. The van der Waals surface area contributed by atoms with Crippen molar-refractivity contribution in [1.82, 2.24) is 9.97 Å². The molecule has 2 N–H and O–H groups in total. The van der Waals surface area contributed by atoms with Gasteiger partial charge in [-0.1, -0.05) is 18.1 Å². The number of rotatable bonds is 1. The van der Waals surface area contributed by atoms with E-state index in [0.717, 1.165) is 27.7 Å². The molecule has 0 radical (unpaired) electrons. The monoisotopic (exact) mass is 245 g/mol. The highest BCUT2D eigenvalue weighted by Crippen LogP contribution is 2.25. The maximum Gasteiger partial charge on any atom is 0.0761 e. The number of pyridine rings is 2. The number of nitrogens with two attached hydrogens (primary N) is 1. The highest BCUT2D eigenvalue weighted by atomic mass is 14.7. The summed E-state index contributed by atoms with van der Waals surface area (Å²) in [7, 11) is 0. The van der Waals surface area contributed by atoms with Crippen molar-refractivity contribution in [2.45, 2.75) is 0 Å². The lowest BCUT2D eigenvalue weighted by molar-refractivity contribution is 1.32. The number of aromatic nitrogens is 2. The molecule has 3 rings (SSSR count). The van der Waals surface area contributed by atoms with Gasteiger partial charge in [0.1, 0.15) is 0 Å². The highest BCUT2D eigenvalue weighted by Gasteiger charge is 2.05. The largest absolute Gasteiger partial charge is 0.398 e. The molecule has 0 saturated carbocycles. The van der Waals surface area contributed by atoms with E-state index in [1.807, 2.05) is 36.4 Å². The fraction of sp³-hybridized carbons (Fsp3) is 0. The smallest absolute Gasteiger partial charge is 0.0761 e. The van der Waals surface area contributed by atoms with E-state index in [9.17, 15) is 0 Å². The van der Waals surface area contributed by atoms with Gasteiger partial charge in [-0.25, -0.2) is 4.98 Å². The van der Waals surface area contributed by atoms with Crippen LogP contribution < -0.4 is 5.73 Å². The van der Waals surface area contributed by atoms with E-state index in [0.29, 0.717) is 5.69 Å². The molecule has 19 heavy (non-hydrogen) atoms. The van der Waals surface area contributed by atoms with Crippen LogP contribution in [0.4, 0.5) is 5.69 Å². The molecule has 0 aliphatic heterocycles. The minimum absolute atomic E-state index is 0.675. The lowest BCUT2D eigenvalue weighted by atomic mass is 10.1. The van der Waals surface area contributed by atoms with Crippen molar-refractivity contribution in [3.8, 4) is 23.6 Å². The molecule has 0 aliphatic rings. The van der Waals surface area contributed by atoms with Crippen LogP contribution in [0.2, 0.25) is 0 Å². The van der Waals surface area contributed by atoms with E-state index in [1.54, 1.807) is 12.4 Å². The summed E-state index contributed by atoms with van der Waals surface area (Å²) in [6.07, 6.45) is 8.78. The Hall–Kier alpha value is -2.86. The molecule has 0 unspecified atom stereocenters. The van der Waals surface area contributed by atoms with Crippen molar-refractivity contribution in [2.24, 2.45) is 0 Å². The molecule has 0 aliphatic carbocycles. The molecular formula is C16H11N3. The van der Waals surface area contributed by atoms with Crippen LogP contribution in [0, 0.1) is 12.3 Å². The zero-order chi connectivity index (χ0) is 13.2. The Kier molecular flexibility index (Phi) is 2.62. The van der Waals surface area contributed by atoms with Crippen molar-refractivity contribution >= 4 is 16.6 Å². The van der Waals surface area contributed by atoms with Gasteiger partial charge in [-0.15, -0.1) is 6.42 Å². The average molecular weight is 245 g/mol. The Morgan fingerprint density at radius 3 is 2.63 bits per heavy atom. The van der Waals surface area contributed by atoms with Gasteiger partial charge in [-0.05, 0) is 24.3 Å². The van der Waals surface area contributed by atoms with Crippen LogP contribution in [0.15, 0.2) is 48.8 Å². The number of fused-ring (bicyclic) bond motifs is 1. The van der Waals surface area contributed by atoms with Crippen LogP contribution in [0.3, 0.4) is 0 Å². The fourth-order valence-corrected chi connectivity index (χ4v) is 1.98. The second kappa shape index (κ2) is 4.43. The van der Waals surface area contributed by atoms with Crippen molar-refractivity contribution in [3.05, 3.63) is 54.4 Å². The average Bonchev–Trinajstić information content (AvgIpc) is 2.47. The molecule has 0 amide bonds. The van der Waals surface area contributed by atoms with E-state index in [2.05, 4.69) is 15.9 Å². The minimum atomic E-state index is 0.675. The first-order chi connectivity index (χ1) is 9.28. The van der Waals surface area contributed by atoms with E-state index in [1.165, 1.54) is 0 Å². The van der Waals surface area contributed by atoms with Gasteiger partial charge in [-0.2, -0.15) is 0 Å². The van der Waals surface area contributed by atoms with Gasteiger partial charge in [0.25, 0.3) is 0 Å². The molecule has 90 valence electrons. The predicted octanol–water partition coefficient (Wildman–Crippen LogP) is 2.86. The zero-order valence-electron chi connectivity index (χ0n) is 10.2. The van der Waals surface area contributed by atoms with Crippen LogP contribution in [-0.2, 0) is 0 Å². The van der Waals surface area contributed by atoms with Gasteiger partial charge in [0.05, 0.1) is 11.2 Å². The summed E-state index contributed by atoms with van der Waals surface area (Å²) >= 11 is 0. The van der Waals surface area contributed by atoms with Crippen molar-refractivity contribution in [3.63, 3.8) is 0 Å². The van der Waals surface area contributed by atoms with Crippen LogP contribution in [0.1, 0.15) is 5.56 Å². The molecule has 3 nitrogen and oxygen atoms in total. The first-order valence-corrected chi connectivity index (χ1v) is 5.85. The number of anilines is 1. The van der Waals surface area contributed by atoms with Gasteiger partial charge < -0.3 is 5.73 Å². The maximum absolute atomic E-state index is 6.04. The van der Waals surface area contributed by atoms with Crippen molar-refractivity contribution in [1.29, 1.82) is 0 Å². The van der Waals surface area contributed by atoms with Gasteiger partial charge in [0, 0.05) is 34.6 Å². The first-order valence-electron chi connectivity index (χ1n) is 5.85. The summed E-state index contributed by atoms with van der Waals surface area (Å²) in [5, 5.41) is 0.867. The Morgan fingerprint density at radius 1 is 1.11 bits per heavy atom. The Labute approximate surface area is 111 Å². The number of hydrogen-bond donors (Lipinski definition) is 1. The van der Waals surface area contributed by atoms with Gasteiger partial charge in [-0.3, -0.25) is 4.98 Å². The van der Waals surface area contributed by atoms with Gasteiger partial charge >= 0.3 is 0 Å². The number of benzene rings is 1. The molecule has 0 atom stereocenters. The normalized spacial score (nSPS) is 10.3. The number of hydrogen-bond acceptors (Lipinski definition) is 3. The number of nitrogens with zero attached hydrogens (tertiary/aromatic N) is 2. The highest BCUT2D eigenvalue weighted by molar-refractivity contribution is 5.91. The summed E-state index contributed by atoms with van der Waals surface area (Å²) < 4.78 is 0. The molecule has 3 aromatic rings. The zero-order valence-corrected chi connectivity index (χ0v) is 10.2. The summed E-state index contributed by atoms with van der Waals surface area (Å²) in [5.74, 6) is 2.59. The third-order valence-corrected chi connectivity index (χ3v) is 2.99. The lowest BCUT2D eigenvalue weighted by Gasteiger charge is -2.06. The second-order valence-corrected chi connectivity index (χ2v) is 4.21. The second-order valence-electron chi connectivity index (χ2n) is 4.21. The number of terminal acetylenes is 1. The third kappa shape index (κ3) is 2.00. The SMILES string of the molecule is C#Cc1ccc(-c2cc(N)c3cnccc3n2)cc1. The van der Waals surface area contributed by atoms with E-state index < -0.39 is 0 Å². The minimum Gasteiger partial charge on any atom is -0.398 e. The van der Waals surface area contributed by atoms with Crippen LogP contribution in [0.25, 0.3) is 22.2 Å². The quantitative estimate of drug-likeness (QED) is 0.671. The molecule has 2 aromatic heterocycles. The van der Waals surface area contributed by atoms with E-state index in [-0.39, 0.29) is 0 Å². The van der Waals surface area contributed by atoms with Gasteiger partial charge in [0.2, 0.25) is 0 Å². The molecule has 0 spiro atoms. The molecule has 0 fully saturated rings. The molecule has 1 aromatic carbocycles. The standard InChI is InChI=1S/C16H11N3/c1-2-11-3-5-12(6-4-11)16-9-14(17)13-10-18-8-7-15(13)19-16/h1,3-10H,(H2,17,19). The van der Waals surface area contributed by atoms with Crippen LogP contribution >= 0.6 is 0 Å². The summed E-state index contributed by atoms with van der Waals surface area (Å²) in [6.45, 7) is 0. The summed E-state index contributed by atoms with van der Waals surface area (Å²) in [4.78, 5) is 8.65. The lowest BCUT2D eigenvalue weighted by Crippen LogP contribution is -1.93. The third-order valence-electron chi connectivity index (χ3n) is 2.99. The van der Waals surface area contributed by atoms with Crippen LogP contribution in [0.5, 0.6) is 0 Å². The molecule has 3 heteroatoms. The predicted molar refractivity (Wildman–Crippen MR) is 77.3 cm³/mol. The van der Waals surface area contributed by atoms with Crippen molar-refractivity contribution in [2.75, 3.05) is 5.73 Å².